The van der Waals surface area contributed by atoms with Gasteiger partial charge in [-0.1, -0.05) is 18.2 Å². The zero-order valence-corrected chi connectivity index (χ0v) is 7.12. The van der Waals surface area contributed by atoms with Crippen molar-refractivity contribution in [3.8, 4) is 0 Å². The average molecular weight is 196 g/mol. The first-order valence-electron chi connectivity index (χ1n) is 4.11. The van der Waals surface area contributed by atoms with Crippen LogP contribution in [0.3, 0.4) is 0 Å². The fourth-order valence-corrected chi connectivity index (χ4v) is 1.43. The molecule has 0 radical (unpaired) electrons. The molecule has 72 valence electrons. The van der Waals surface area contributed by atoms with Crippen molar-refractivity contribution in [2.24, 2.45) is 0 Å². The summed E-state index contributed by atoms with van der Waals surface area (Å²) in [5.41, 5.74) is -0.551. The van der Waals surface area contributed by atoms with E-state index < -0.39 is 12.4 Å². The average Bonchev–Trinajstić information content (AvgIpc) is 2.15. The second-order valence-corrected chi connectivity index (χ2v) is 3.02. The molecule has 0 saturated heterocycles. The van der Waals surface area contributed by atoms with Gasteiger partial charge in [-0.15, -0.1) is 5.46 Å². The standard InChI is InChI=1S/C9H6BF3N/c11-10(12,13)9-3-1-2-7-6-14-5-4-8(7)9/h1-6H/q-1. The van der Waals surface area contributed by atoms with Crippen LogP contribution < -0.4 is 5.46 Å². The number of nitrogens with zero attached hydrogens (tertiary/aromatic N) is 1. The van der Waals surface area contributed by atoms with Gasteiger partial charge in [0.05, 0.1) is 0 Å². The van der Waals surface area contributed by atoms with Crippen molar-refractivity contribution in [1.82, 2.24) is 4.98 Å². The lowest BCUT2D eigenvalue weighted by molar-refractivity contribution is 0.502. The van der Waals surface area contributed by atoms with E-state index in [4.69, 9.17) is 0 Å². The lowest BCUT2D eigenvalue weighted by Crippen LogP contribution is -2.34. The Balaban J connectivity index is 2.78. The maximum Gasteiger partial charge on any atom is 0.510 e. The smallest absolute Gasteiger partial charge is 0.445 e. The Morgan fingerprint density at radius 1 is 1.07 bits per heavy atom. The van der Waals surface area contributed by atoms with Crippen LogP contribution in [-0.2, 0) is 0 Å². The molecular weight excluding hydrogens is 190 g/mol. The van der Waals surface area contributed by atoms with E-state index in [2.05, 4.69) is 4.98 Å². The van der Waals surface area contributed by atoms with Crippen LogP contribution in [0.1, 0.15) is 0 Å². The van der Waals surface area contributed by atoms with E-state index in [0.29, 0.717) is 5.39 Å². The van der Waals surface area contributed by atoms with Crippen LogP contribution in [0.5, 0.6) is 0 Å². The molecule has 0 saturated carbocycles. The molecule has 5 heteroatoms. The van der Waals surface area contributed by atoms with E-state index in [1.165, 1.54) is 24.5 Å². The van der Waals surface area contributed by atoms with Crippen LogP contribution in [0, 0.1) is 0 Å². The Morgan fingerprint density at radius 2 is 1.86 bits per heavy atom. The van der Waals surface area contributed by atoms with E-state index in [1.54, 1.807) is 6.07 Å². The lowest BCUT2D eigenvalue weighted by Gasteiger charge is -2.16. The van der Waals surface area contributed by atoms with Gasteiger partial charge in [0.2, 0.25) is 0 Å². The second kappa shape index (κ2) is 3.01. The van der Waals surface area contributed by atoms with Crippen molar-refractivity contribution in [1.29, 1.82) is 0 Å². The number of pyridine rings is 1. The first kappa shape index (κ1) is 9.06. The molecule has 1 heterocycles. The van der Waals surface area contributed by atoms with E-state index in [0.717, 1.165) is 6.07 Å². The zero-order valence-electron chi connectivity index (χ0n) is 7.12. The van der Waals surface area contributed by atoms with Gasteiger partial charge in [-0.25, -0.2) is 0 Å². The van der Waals surface area contributed by atoms with Crippen molar-refractivity contribution < 1.29 is 12.9 Å². The van der Waals surface area contributed by atoms with Crippen LogP contribution >= 0.6 is 0 Å². The highest BCUT2D eigenvalue weighted by Gasteiger charge is 2.26. The normalized spacial score (nSPS) is 11.9. The molecule has 0 spiro atoms. The third-order valence-corrected chi connectivity index (χ3v) is 2.07. The number of fused-ring (bicyclic) bond motifs is 1. The molecule has 2 rings (SSSR count). The summed E-state index contributed by atoms with van der Waals surface area (Å²) in [5.74, 6) is 0. The minimum absolute atomic E-state index is 0.218. The molecule has 0 aliphatic rings. The van der Waals surface area contributed by atoms with Gasteiger partial charge in [0.25, 0.3) is 0 Å². The number of hydrogen-bond acceptors (Lipinski definition) is 1. The summed E-state index contributed by atoms with van der Waals surface area (Å²) in [7, 11) is 0. The second-order valence-electron chi connectivity index (χ2n) is 3.02. The third kappa shape index (κ3) is 1.45. The maximum atomic E-state index is 12.6. The fourth-order valence-electron chi connectivity index (χ4n) is 1.43. The van der Waals surface area contributed by atoms with Gasteiger partial charge >= 0.3 is 6.98 Å². The molecule has 0 bridgehead atoms. The first-order chi connectivity index (χ1) is 6.59. The minimum Gasteiger partial charge on any atom is -0.445 e. The van der Waals surface area contributed by atoms with Crippen molar-refractivity contribution in [3.63, 3.8) is 0 Å². The van der Waals surface area contributed by atoms with Gasteiger partial charge in [-0.2, -0.15) is 0 Å². The molecule has 1 nitrogen and oxygen atoms in total. The Morgan fingerprint density at radius 3 is 2.57 bits per heavy atom. The van der Waals surface area contributed by atoms with Gasteiger partial charge in [-0.05, 0) is 16.8 Å². The number of halogens is 3. The van der Waals surface area contributed by atoms with Gasteiger partial charge in [0.15, 0.2) is 0 Å². The van der Waals surface area contributed by atoms with Crippen LogP contribution in [0.25, 0.3) is 10.8 Å². The van der Waals surface area contributed by atoms with E-state index >= 15 is 0 Å². The number of benzene rings is 1. The minimum atomic E-state index is -4.94. The molecule has 1 aromatic heterocycles. The van der Waals surface area contributed by atoms with Crippen LogP contribution in [-0.4, -0.2) is 12.0 Å². The highest BCUT2D eigenvalue weighted by Crippen LogP contribution is 2.16. The molecule has 0 amide bonds. The van der Waals surface area contributed by atoms with Crippen molar-refractivity contribution >= 4 is 23.2 Å². The van der Waals surface area contributed by atoms with E-state index in [-0.39, 0.29) is 5.39 Å². The van der Waals surface area contributed by atoms with Crippen molar-refractivity contribution in [3.05, 3.63) is 36.7 Å². The molecule has 0 aliphatic heterocycles. The summed E-state index contributed by atoms with van der Waals surface area (Å²) in [6.07, 6.45) is 2.80. The highest BCUT2D eigenvalue weighted by molar-refractivity contribution is 6.75. The van der Waals surface area contributed by atoms with Crippen molar-refractivity contribution in [2.45, 2.75) is 0 Å². The summed E-state index contributed by atoms with van der Waals surface area (Å²) in [6, 6.07) is 5.50. The molecule has 0 unspecified atom stereocenters. The maximum absolute atomic E-state index is 12.6. The van der Waals surface area contributed by atoms with Gasteiger partial charge in [0, 0.05) is 12.4 Å². The van der Waals surface area contributed by atoms with Gasteiger partial charge in [0.1, 0.15) is 0 Å². The van der Waals surface area contributed by atoms with E-state index in [1.807, 2.05) is 0 Å². The molecule has 0 N–H and O–H groups in total. The third-order valence-electron chi connectivity index (χ3n) is 2.07. The fraction of sp³-hybridized carbons (Fsp3) is 0. The van der Waals surface area contributed by atoms with Gasteiger partial charge in [-0.3, -0.25) is 4.98 Å². The SMILES string of the molecule is F[B-](F)(F)c1cccc2cnccc12. The molecule has 0 fully saturated rings. The molecule has 0 aliphatic carbocycles. The summed E-state index contributed by atoms with van der Waals surface area (Å²) in [6.45, 7) is -4.94. The molecule has 2 aromatic rings. The number of rotatable bonds is 1. The lowest BCUT2D eigenvalue weighted by atomic mass is 9.77. The Bertz CT molecular complexity index is 462. The monoisotopic (exact) mass is 196 g/mol. The van der Waals surface area contributed by atoms with Gasteiger partial charge < -0.3 is 12.9 Å². The Kier molecular flexibility index (Phi) is 1.95. The largest absolute Gasteiger partial charge is 0.510 e. The highest BCUT2D eigenvalue weighted by atomic mass is 19.4. The first-order valence-corrected chi connectivity index (χ1v) is 4.11. The summed E-state index contributed by atoms with van der Waals surface area (Å²) < 4.78 is 37.7. The predicted octanol–water partition coefficient (Wildman–Crippen LogP) is 2.29. The Hall–Kier alpha value is -1.52. The molecule has 14 heavy (non-hydrogen) atoms. The molecule has 0 atom stereocenters. The summed E-state index contributed by atoms with van der Waals surface area (Å²) in [4.78, 5) is 3.78. The topological polar surface area (TPSA) is 12.9 Å². The number of hydrogen-bond donors (Lipinski definition) is 0. The Labute approximate surface area is 78.6 Å². The zero-order chi connectivity index (χ0) is 10.2. The quantitative estimate of drug-likeness (QED) is 0.637. The van der Waals surface area contributed by atoms with Crippen molar-refractivity contribution in [2.75, 3.05) is 0 Å². The molecular formula is C9H6BF3N-. The van der Waals surface area contributed by atoms with Crippen LogP contribution in [0.15, 0.2) is 36.7 Å². The number of aromatic nitrogens is 1. The van der Waals surface area contributed by atoms with E-state index in [9.17, 15) is 12.9 Å². The summed E-state index contributed by atoms with van der Waals surface area (Å²) >= 11 is 0. The van der Waals surface area contributed by atoms with Crippen LogP contribution in [0.2, 0.25) is 0 Å². The molecule has 1 aromatic carbocycles. The summed E-state index contributed by atoms with van der Waals surface area (Å²) in [5, 5.41) is 0.735. The van der Waals surface area contributed by atoms with Crippen LogP contribution in [0.4, 0.5) is 12.9 Å². The predicted molar refractivity (Wildman–Crippen MR) is 50.5 cm³/mol.